The van der Waals surface area contributed by atoms with Gasteiger partial charge in [0, 0.05) is 30.1 Å². The summed E-state index contributed by atoms with van der Waals surface area (Å²) in [5.41, 5.74) is -1.01. The quantitative estimate of drug-likeness (QED) is 0.752. The number of carbonyl (C=O) groups excluding carboxylic acids is 1. The average Bonchev–Trinajstić information content (AvgIpc) is 2.58. The first-order chi connectivity index (χ1) is 12.5. The molecule has 0 aliphatic carbocycles. The molecule has 0 radical (unpaired) electrons. The van der Waals surface area contributed by atoms with Gasteiger partial charge in [-0.15, -0.1) is 0 Å². The molecule has 0 fully saturated rings. The van der Waals surface area contributed by atoms with Crippen LogP contribution in [-0.2, 0) is 23.9 Å². The first-order valence-electron chi connectivity index (χ1n) is 8.40. The summed E-state index contributed by atoms with van der Waals surface area (Å²) in [4.78, 5) is 25.6. The van der Waals surface area contributed by atoms with E-state index in [0.29, 0.717) is 5.56 Å². The van der Waals surface area contributed by atoms with Crippen LogP contribution in [0.3, 0.4) is 0 Å². The van der Waals surface area contributed by atoms with Gasteiger partial charge < -0.3 is 9.64 Å². The van der Waals surface area contributed by atoms with Crippen LogP contribution in [0.25, 0.3) is 11.4 Å². The summed E-state index contributed by atoms with van der Waals surface area (Å²) < 4.78 is 45.9. The fraction of sp³-hybridized carbons (Fsp3) is 0.444. The lowest BCUT2D eigenvalue weighted by Crippen LogP contribution is -2.41. The van der Waals surface area contributed by atoms with Gasteiger partial charge in [0.05, 0.1) is 12.2 Å². The topological polar surface area (TPSA) is 68.2 Å². The van der Waals surface area contributed by atoms with Gasteiger partial charge in [-0.1, -0.05) is 0 Å². The molecule has 144 valence electrons. The molecule has 0 bridgehead atoms. The van der Waals surface area contributed by atoms with Crippen molar-refractivity contribution in [2.45, 2.75) is 45.5 Å². The number of aromatic nitrogens is 3. The largest absolute Gasteiger partial charge is 0.444 e. The highest BCUT2D eigenvalue weighted by Crippen LogP contribution is 2.35. The molecule has 1 aliphatic rings. The van der Waals surface area contributed by atoms with Crippen LogP contribution in [0.4, 0.5) is 18.0 Å². The van der Waals surface area contributed by atoms with E-state index in [-0.39, 0.29) is 36.6 Å². The van der Waals surface area contributed by atoms with Gasteiger partial charge >= 0.3 is 12.3 Å². The molecule has 3 heterocycles. The molecule has 6 nitrogen and oxygen atoms in total. The second-order valence-electron chi connectivity index (χ2n) is 7.21. The van der Waals surface area contributed by atoms with E-state index < -0.39 is 23.6 Å². The monoisotopic (exact) mass is 380 g/mol. The highest BCUT2D eigenvalue weighted by atomic mass is 19.4. The zero-order valence-corrected chi connectivity index (χ0v) is 15.2. The molecule has 0 saturated heterocycles. The molecule has 9 heteroatoms. The van der Waals surface area contributed by atoms with E-state index in [2.05, 4.69) is 15.0 Å². The third-order valence-electron chi connectivity index (χ3n) is 3.92. The van der Waals surface area contributed by atoms with Gasteiger partial charge in [-0.05, 0) is 39.3 Å². The maximum Gasteiger partial charge on any atom is 0.433 e. The van der Waals surface area contributed by atoms with Crippen LogP contribution in [0, 0.1) is 0 Å². The van der Waals surface area contributed by atoms with E-state index in [0.717, 1.165) is 0 Å². The molecule has 0 aromatic carbocycles. The Morgan fingerprint density at radius 3 is 2.41 bits per heavy atom. The summed E-state index contributed by atoms with van der Waals surface area (Å²) in [6.45, 7) is 5.24. The second-order valence-corrected chi connectivity index (χ2v) is 7.21. The molecule has 1 amide bonds. The maximum absolute atomic E-state index is 13.5. The summed E-state index contributed by atoms with van der Waals surface area (Å²) in [7, 11) is 0. The predicted octanol–water partition coefficient (Wildman–Crippen LogP) is 3.85. The van der Waals surface area contributed by atoms with E-state index in [4.69, 9.17) is 4.74 Å². The number of pyridine rings is 1. The lowest BCUT2D eigenvalue weighted by Gasteiger charge is -2.31. The van der Waals surface area contributed by atoms with Crippen molar-refractivity contribution in [3.63, 3.8) is 0 Å². The molecular formula is C18H19F3N4O2. The van der Waals surface area contributed by atoms with Crippen LogP contribution in [0.1, 0.15) is 37.7 Å². The van der Waals surface area contributed by atoms with Crippen molar-refractivity contribution in [2.75, 3.05) is 6.54 Å². The van der Waals surface area contributed by atoms with Crippen molar-refractivity contribution in [2.24, 2.45) is 0 Å². The third-order valence-corrected chi connectivity index (χ3v) is 3.92. The lowest BCUT2D eigenvalue weighted by atomic mass is 10.0. The molecular weight excluding hydrogens is 361 g/mol. The van der Waals surface area contributed by atoms with Crippen molar-refractivity contribution < 1.29 is 22.7 Å². The highest BCUT2D eigenvalue weighted by Gasteiger charge is 2.39. The Kier molecular flexibility index (Phi) is 4.79. The van der Waals surface area contributed by atoms with Gasteiger partial charge in [0.25, 0.3) is 0 Å². The van der Waals surface area contributed by atoms with E-state index in [1.165, 1.54) is 29.4 Å². The van der Waals surface area contributed by atoms with Crippen LogP contribution in [0.5, 0.6) is 0 Å². The Morgan fingerprint density at radius 2 is 1.81 bits per heavy atom. The number of alkyl halides is 3. The fourth-order valence-corrected chi connectivity index (χ4v) is 2.78. The van der Waals surface area contributed by atoms with E-state index in [1.807, 2.05) is 0 Å². The van der Waals surface area contributed by atoms with Crippen molar-refractivity contribution in [1.29, 1.82) is 0 Å². The minimum atomic E-state index is -4.61. The highest BCUT2D eigenvalue weighted by molar-refractivity contribution is 5.68. The van der Waals surface area contributed by atoms with Crippen LogP contribution in [-0.4, -0.2) is 38.1 Å². The summed E-state index contributed by atoms with van der Waals surface area (Å²) in [5, 5.41) is 0. The Bertz CT molecular complexity index is 848. The van der Waals surface area contributed by atoms with E-state index in [9.17, 15) is 18.0 Å². The summed E-state index contributed by atoms with van der Waals surface area (Å²) in [6.07, 6.45) is -2.26. The molecule has 0 unspecified atom stereocenters. The van der Waals surface area contributed by atoms with Crippen LogP contribution >= 0.6 is 0 Å². The van der Waals surface area contributed by atoms with Gasteiger partial charge in [0.15, 0.2) is 11.5 Å². The van der Waals surface area contributed by atoms with Crippen molar-refractivity contribution >= 4 is 6.09 Å². The number of carbonyl (C=O) groups is 1. The van der Waals surface area contributed by atoms with Crippen LogP contribution < -0.4 is 0 Å². The molecule has 3 rings (SSSR count). The molecule has 2 aromatic rings. The number of amides is 1. The smallest absolute Gasteiger partial charge is 0.433 e. The van der Waals surface area contributed by atoms with Crippen LogP contribution in [0.15, 0.2) is 24.5 Å². The first kappa shape index (κ1) is 19.1. The molecule has 2 aromatic heterocycles. The second kappa shape index (κ2) is 6.79. The number of fused-ring (bicyclic) bond motifs is 1. The van der Waals surface area contributed by atoms with Gasteiger partial charge in [0.2, 0.25) is 0 Å². The molecule has 0 atom stereocenters. The zero-order valence-electron chi connectivity index (χ0n) is 15.2. The van der Waals surface area contributed by atoms with Gasteiger partial charge in [-0.3, -0.25) is 4.98 Å². The third kappa shape index (κ3) is 4.35. The number of hydrogen-bond donors (Lipinski definition) is 0. The molecule has 27 heavy (non-hydrogen) atoms. The molecule has 0 N–H and O–H groups in total. The number of hydrogen-bond acceptors (Lipinski definition) is 5. The number of halogens is 3. The lowest BCUT2D eigenvalue weighted by molar-refractivity contribution is -0.142. The van der Waals surface area contributed by atoms with Gasteiger partial charge in [0.1, 0.15) is 5.60 Å². The number of nitrogens with zero attached hydrogens (tertiary/aromatic N) is 4. The van der Waals surface area contributed by atoms with Gasteiger partial charge in [-0.25, -0.2) is 14.8 Å². The summed E-state index contributed by atoms with van der Waals surface area (Å²) in [6, 6.07) is 3.08. The first-order valence-corrected chi connectivity index (χ1v) is 8.40. The van der Waals surface area contributed by atoms with E-state index in [1.54, 1.807) is 20.8 Å². The Balaban J connectivity index is 2.00. The number of rotatable bonds is 1. The van der Waals surface area contributed by atoms with Gasteiger partial charge in [-0.2, -0.15) is 13.2 Å². The van der Waals surface area contributed by atoms with Crippen LogP contribution in [0.2, 0.25) is 0 Å². The molecule has 0 saturated carbocycles. The van der Waals surface area contributed by atoms with Crippen molar-refractivity contribution in [1.82, 2.24) is 19.9 Å². The normalized spacial score (nSPS) is 14.7. The summed E-state index contributed by atoms with van der Waals surface area (Å²) in [5.74, 6) is -0.0467. The minimum Gasteiger partial charge on any atom is -0.444 e. The van der Waals surface area contributed by atoms with Crippen molar-refractivity contribution in [3.8, 4) is 11.4 Å². The maximum atomic E-state index is 13.5. The molecule has 0 spiro atoms. The predicted molar refractivity (Wildman–Crippen MR) is 90.6 cm³/mol. The Morgan fingerprint density at radius 1 is 1.15 bits per heavy atom. The fourth-order valence-electron chi connectivity index (χ4n) is 2.78. The summed E-state index contributed by atoms with van der Waals surface area (Å²) >= 11 is 0. The van der Waals surface area contributed by atoms with E-state index >= 15 is 0 Å². The van der Waals surface area contributed by atoms with Crippen molar-refractivity contribution in [3.05, 3.63) is 41.5 Å². The minimum absolute atomic E-state index is 0.0139. The number of ether oxygens (including phenoxy) is 1. The average molecular weight is 380 g/mol. The standard InChI is InChI=1S/C18H19F3N4O2/c1-17(2,3)27-16(26)25-9-6-12-13(10-25)23-15(11-4-7-22-8-5-11)24-14(12)18(19,20)21/h4-5,7-8H,6,9-10H2,1-3H3. The Hall–Kier alpha value is -2.71. The zero-order chi connectivity index (χ0) is 19.8. The molecule has 1 aliphatic heterocycles. The SMILES string of the molecule is CC(C)(C)OC(=O)N1CCc2c(nc(-c3ccncc3)nc2C(F)(F)F)C1. The Labute approximate surface area is 154 Å².